The summed E-state index contributed by atoms with van der Waals surface area (Å²) in [5.41, 5.74) is 1.23. The van der Waals surface area contributed by atoms with Gasteiger partial charge in [0.2, 0.25) is 0 Å². The standard InChI is InChI=1S/C9H9IO/c10-9-5-3-8(4-6-9)2-1-7-11/h3-7H,1-2H2. The maximum Gasteiger partial charge on any atom is 0.120 e. The minimum Gasteiger partial charge on any atom is -0.303 e. The monoisotopic (exact) mass is 260 g/mol. The van der Waals surface area contributed by atoms with Crippen molar-refractivity contribution < 1.29 is 4.79 Å². The van der Waals surface area contributed by atoms with E-state index < -0.39 is 0 Å². The van der Waals surface area contributed by atoms with E-state index in [1.807, 2.05) is 0 Å². The molecule has 0 heterocycles. The van der Waals surface area contributed by atoms with Crippen molar-refractivity contribution in [1.82, 2.24) is 0 Å². The number of rotatable bonds is 3. The summed E-state index contributed by atoms with van der Waals surface area (Å²) in [4.78, 5) is 10.0. The first kappa shape index (κ1) is 8.71. The van der Waals surface area contributed by atoms with Gasteiger partial charge in [0.25, 0.3) is 0 Å². The van der Waals surface area contributed by atoms with E-state index in [9.17, 15) is 4.79 Å². The van der Waals surface area contributed by atoms with E-state index in [0.717, 1.165) is 12.7 Å². The molecular formula is C9H9IO. The Morgan fingerprint density at radius 1 is 1.27 bits per heavy atom. The summed E-state index contributed by atoms with van der Waals surface area (Å²) in [6.07, 6.45) is 2.44. The molecule has 0 aromatic heterocycles. The predicted octanol–water partition coefficient (Wildman–Crippen LogP) is 2.42. The molecule has 58 valence electrons. The van der Waals surface area contributed by atoms with Gasteiger partial charge in [-0.25, -0.2) is 0 Å². The van der Waals surface area contributed by atoms with Gasteiger partial charge in [0.15, 0.2) is 0 Å². The van der Waals surface area contributed by atoms with Crippen LogP contribution in [0.5, 0.6) is 0 Å². The first-order valence-electron chi connectivity index (χ1n) is 3.51. The Morgan fingerprint density at radius 3 is 2.45 bits per heavy atom. The molecule has 1 aromatic rings. The van der Waals surface area contributed by atoms with Crippen molar-refractivity contribution in [3.63, 3.8) is 0 Å². The first-order chi connectivity index (χ1) is 5.33. The van der Waals surface area contributed by atoms with E-state index in [4.69, 9.17) is 0 Å². The van der Waals surface area contributed by atoms with Gasteiger partial charge in [0, 0.05) is 9.99 Å². The molecule has 2 heteroatoms. The van der Waals surface area contributed by atoms with Crippen LogP contribution in [0.15, 0.2) is 24.3 Å². The van der Waals surface area contributed by atoms with E-state index in [1.165, 1.54) is 9.13 Å². The number of hydrogen-bond acceptors (Lipinski definition) is 1. The van der Waals surface area contributed by atoms with Crippen LogP contribution in [0.3, 0.4) is 0 Å². The van der Waals surface area contributed by atoms with Gasteiger partial charge in [-0.3, -0.25) is 0 Å². The zero-order valence-electron chi connectivity index (χ0n) is 6.09. The number of carbonyl (C=O) groups is 1. The van der Waals surface area contributed by atoms with Crippen LogP contribution in [0, 0.1) is 3.57 Å². The summed E-state index contributed by atoms with van der Waals surface area (Å²) in [5.74, 6) is 0. The molecule has 11 heavy (non-hydrogen) atoms. The second-order valence-corrected chi connectivity index (χ2v) is 3.58. The van der Waals surface area contributed by atoms with E-state index >= 15 is 0 Å². The summed E-state index contributed by atoms with van der Waals surface area (Å²) >= 11 is 2.26. The van der Waals surface area contributed by atoms with Gasteiger partial charge in [0.1, 0.15) is 6.29 Å². The first-order valence-corrected chi connectivity index (χ1v) is 4.59. The predicted molar refractivity (Wildman–Crippen MR) is 53.5 cm³/mol. The third-order valence-corrected chi connectivity index (χ3v) is 2.18. The average Bonchev–Trinajstić information content (AvgIpc) is 2.04. The lowest BCUT2D eigenvalue weighted by molar-refractivity contribution is -0.107. The maximum absolute atomic E-state index is 10.0. The van der Waals surface area contributed by atoms with E-state index in [1.54, 1.807) is 0 Å². The minimum absolute atomic E-state index is 0.626. The molecular weight excluding hydrogens is 251 g/mol. The fraction of sp³-hybridized carbons (Fsp3) is 0.222. The van der Waals surface area contributed by atoms with Crippen LogP contribution in [0.2, 0.25) is 0 Å². The SMILES string of the molecule is O=CCCc1ccc(I)cc1. The summed E-state index contributed by atoms with van der Waals surface area (Å²) in [7, 11) is 0. The van der Waals surface area contributed by atoms with Gasteiger partial charge in [-0.2, -0.15) is 0 Å². The Labute approximate surface area is 79.9 Å². The quantitative estimate of drug-likeness (QED) is 0.602. The van der Waals surface area contributed by atoms with Crippen LogP contribution in [0.1, 0.15) is 12.0 Å². The molecule has 0 bridgehead atoms. The molecule has 0 aliphatic heterocycles. The zero-order valence-corrected chi connectivity index (χ0v) is 8.24. The van der Waals surface area contributed by atoms with Crippen molar-refractivity contribution in [1.29, 1.82) is 0 Å². The molecule has 0 radical (unpaired) electrons. The number of aldehydes is 1. The molecule has 0 aliphatic rings. The van der Waals surface area contributed by atoms with Crippen LogP contribution in [0.25, 0.3) is 0 Å². The number of aryl methyl sites for hydroxylation is 1. The van der Waals surface area contributed by atoms with Crippen molar-refractivity contribution in [2.45, 2.75) is 12.8 Å². The highest BCUT2D eigenvalue weighted by molar-refractivity contribution is 14.1. The maximum atomic E-state index is 10.0. The van der Waals surface area contributed by atoms with Crippen LogP contribution in [-0.2, 0) is 11.2 Å². The van der Waals surface area contributed by atoms with Gasteiger partial charge in [0.05, 0.1) is 0 Å². The van der Waals surface area contributed by atoms with Crippen molar-refractivity contribution >= 4 is 28.9 Å². The van der Waals surface area contributed by atoms with Crippen LogP contribution >= 0.6 is 22.6 Å². The molecule has 0 unspecified atom stereocenters. The summed E-state index contributed by atoms with van der Waals surface area (Å²) < 4.78 is 1.23. The third-order valence-electron chi connectivity index (χ3n) is 1.46. The molecule has 1 aromatic carbocycles. The number of halogens is 1. The largest absolute Gasteiger partial charge is 0.303 e. The smallest absolute Gasteiger partial charge is 0.120 e. The lowest BCUT2D eigenvalue weighted by Gasteiger charge is -1.96. The highest BCUT2D eigenvalue weighted by Crippen LogP contribution is 2.07. The zero-order chi connectivity index (χ0) is 8.10. The van der Waals surface area contributed by atoms with Gasteiger partial charge >= 0.3 is 0 Å². The second kappa shape index (κ2) is 4.49. The Hall–Kier alpha value is -0.380. The van der Waals surface area contributed by atoms with Crippen LogP contribution < -0.4 is 0 Å². The third kappa shape index (κ3) is 3.01. The van der Waals surface area contributed by atoms with Crippen molar-refractivity contribution in [3.8, 4) is 0 Å². The average molecular weight is 260 g/mol. The number of carbonyl (C=O) groups excluding carboxylic acids is 1. The highest BCUT2D eigenvalue weighted by Gasteiger charge is 1.90. The minimum atomic E-state index is 0.626. The summed E-state index contributed by atoms with van der Waals surface area (Å²) in [5, 5.41) is 0. The fourth-order valence-electron chi connectivity index (χ4n) is 0.877. The Balaban J connectivity index is 2.58. The molecule has 0 saturated heterocycles. The Kier molecular flexibility index (Phi) is 3.56. The molecule has 0 spiro atoms. The normalized spacial score (nSPS) is 9.55. The second-order valence-electron chi connectivity index (χ2n) is 2.33. The van der Waals surface area contributed by atoms with Crippen molar-refractivity contribution in [2.75, 3.05) is 0 Å². The van der Waals surface area contributed by atoms with E-state index in [2.05, 4.69) is 46.9 Å². The topological polar surface area (TPSA) is 17.1 Å². The van der Waals surface area contributed by atoms with Crippen LogP contribution in [0.4, 0.5) is 0 Å². The Morgan fingerprint density at radius 2 is 1.91 bits per heavy atom. The molecule has 0 saturated carbocycles. The van der Waals surface area contributed by atoms with Crippen molar-refractivity contribution in [3.05, 3.63) is 33.4 Å². The molecule has 1 nitrogen and oxygen atoms in total. The summed E-state index contributed by atoms with van der Waals surface area (Å²) in [6.45, 7) is 0. The molecule has 0 aliphatic carbocycles. The van der Waals surface area contributed by atoms with Crippen molar-refractivity contribution in [2.24, 2.45) is 0 Å². The molecule has 1 rings (SSSR count). The van der Waals surface area contributed by atoms with Crippen LogP contribution in [-0.4, -0.2) is 6.29 Å². The molecule has 0 N–H and O–H groups in total. The van der Waals surface area contributed by atoms with Gasteiger partial charge in [-0.05, 0) is 46.7 Å². The highest BCUT2D eigenvalue weighted by atomic mass is 127. The van der Waals surface area contributed by atoms with E-state index in [-0.39, 0.29) is 0 Å². The van der Waals surface area contributed by atoms with Gasteiger partial charge in [-0.15, -0.1) is 0 Å². The lowest BCUT2D eigenvalue weighted by Crippen LogP contribution is -1.85. The molecule has 0 fully saturated rings. The van der Waals surface area contributed by atoms with E-state index in [0.29, 0.717) is 6.42 Å². The number of benzene rings is 1. The fourth-order valence-corrected chi connectivity index (χ4v) is 1.24. The molecule has 0 amide bonds. The Bertz CT molecular complexity index is 228. The number of hydrogen-bond donors (Lipinski definition) is 0. The summed E-state index contributed by atoms with van der Waals surface area (Å²) in [6, 6.07) is 8.23. The van der Waals surface area contributed by atoms with Gasteiger partial charge in [-0.1, -0.05) is 12.1 Å². The lowest BCUT2D eigenvalue weighted by atomic mass is 10.1. The van der Waals surface area contributed by atoms with Gasteiger partial charge < -0.3 is 4.79 Å². The molecule has 0 atom stereocenters.